The molecule has 0 spiro atoms. The van der Waals surface area contributed by atoms with Crippen LogP contribution in [0.3, 0.4) is 0 Å². The highest BCUT2D eigenvalue weighted by Gasteiger charge is 2.38. The number of rotatable bonds is 5. The highest BCUT2D eigenvalue weighted by molar-refractivity contribution is 7.86. The molecule has 1 aromatic rings. The van der Waals surface area contributed by atoms with E-state index < -0.39 is 10.2 Å². The smallest absolute Gasteiger partial charge is 0.262 e. The first-order valence-corrected chi connectivity index (χ1v) is 9.65. The van der Waals surface area contributed by atoms with Gasteiger partial charge in [-0.05, 0) is 63.1 Å². The molecule has 22 heavy (non-hydrogen) atoms. The molecule has 5 nitrogen and oxygen atoms in total. The van der Waals surface area contributed by atoms with Crippen LogP contribution in [0.4, 0.5) is 0 Å². The number of nitrogens with zero attached hydrogens (tertiary/aromatic N) is 3. The van der Waals surface area contributed by atoms with Crippen molar-refractivity contribution in [2.75, 3.05) is 19.6 Å². The number of pyridine rings is 1. The summed E-state index contributed by atoms with van der Waals surface area (Å²) in [6.45, 7) is 4.05. The second kappa shape index (κ2) is 6.64. The molecule has 0 aromatic carbocycles. The Morgan fingerprint density at radius 1 is 1.23 bits per heavy atom. The fourth-order valence-electron chi connectivity index (χ4n) is 3.56. The zero-order valence-electron chi connectivity index (χ0n) is 13.2. The molecule has 3 rings (SSSR count). The van der Waals surface area contributed by atoms with E-state index >= 15 is 0 Å². The van der Waals surface area contributed by atoms with Crippen molar-refractivity contribution in [1.29, 1.82) is 0 Å². The van der Waals surface area contributed by atoms with Gasteiger partial charge in [0.2, 0.25) is 0 Å². The van der Waals surface area contributed by atoms with Gasteiger partial charge in [0, 0.05) is 37.6 Å². The Kier molecular flexibility index (Phi) is 4.80. The second-order valence-electron chi connectivity index (χ2n) is 6.36. The number of aromatic nitrogens is 1. The summed E-state index contributed by atoms with van der Waals surface area (Å²) in [5, 5.41) is 0. The largest absolute Gasteiger partial charge is 0.282 e. The molecular formula is C16H25N3O2S. The van der Waals surface area contributed by atoms with Crippen molar-refractivity contribution in [3.63, 3.8) is 0 Å². The summed E-state index contributed by atoms with van der Waals surface area (Å²) >= 11 is 0. The topological polar surface area (TPSA) is 53.5 Å². The van der Waals surface area contributed by atoms with Gasteiger partial charge in [-0.25, -0.2) is 0 Å². The van der Waals surface area contributed by atoms with E-state index in [-0.39, 0.29) is 6.04 Å². The normalized spacial score (nSPS) is 24.1. The van der Waals surface area contributed by atoms with Crippen molar-refractivity contribution >= 4 is 10.2 Å². The Bertz CT molecular complexity index is 612. The van der Waals surface area contributed by atoms with E-state index in [9.17, 15) is 8.42 Å². The molecule has 6 heteroatoms. The van der Waals surface area contributed by atoms with Gasteiger partial charge in [-0.15, -0.1) is 0 Å². The molecule has 0 N–H and O–H groups in total. The Morgan fingerprint density at radius 2 is 2.00 bits per heavy atom. The maximum absolute atomic E-state index is 12.8. The minimum absolute atomic E-state index is 0.152. The zero-order chi connectivity index (χ0) is 15.6. The van der Waals surface area contributed by atoms with E-state index in [0.29, 0.717) is 19.6 Å². The first-order chi connectivity index (χ1) is 10.6. The lowest BCUT2D eigenvalue weighted by molar-refractivity contribution is 0.333. The molecule has 2 aliphatic rings. The van der Waals surface area contributed by atoms with E-state index in [1.807, 2.05) is 19.2 Å². The Labute approximate surface area is 133 Å². The molecule has 0 bridgehead atoms. The number of hydrogen-bond acceptors (Lipinski definition) is 3. The summed E-state index contributed by atoms with van der Waals surface area (Å²) in [5.74, 6) is 0. The average Bonchev–Trinajstić information content (AvgIpc) is 3.17. The van der Waals surface area contributed by atoms with Gasteiger partial charge >= 0.3 is 0 Å². The highest BCUT2D eigenvalue weighted by Crippen LogP contribution is 2.28. The quantitative estimate of drug-likeness (QED) is 0.834. The fraction of sp³-hybridized carbons (Fsp3) is 0.688. The predicted octanol–water partition coefficient (Wildman–Crippen LogP) is 2.13. The van der Waals surface area contributed by atoms with Gasteiger partial charge in [0.05, 0.1) is 0 Å². The second-order valence-corrected chi connectivity index (χ2v) is 8.25. The van der Waals surface area contributed by atoms with Gasteiger partial charge in [0.1, 0.15) is 0 Å². The third-order valence-corrected chi connectivity index (χ3v) is 6.83. The van der Waals surface area contributed by atoms with Crippen LogP contribution in [0.2, 0.25) is 0 Å². The third-order valence-electron chi connectivity index (χ3n) is 4.74. The molecule has 3 heterocycles. The lowest BCUT2D eigenvalue weighted by atomic mass is 10.0. The number of hydrogen-bond donors (Lipinski definition) is 0. The summed E-state index contributed by atoms with van der Waals surface area (Å²) in [7, 11) is -3.25. The minimum Gasteiger partial charge on any atom is -0.262 e. The lowest BCUT2D eigenvalue weighted by Crippen LogP contribution is -2.44. The Morgan fingerprint density at radius 3 is 2.73 bits per heavy atom. The molecule has 0 aliphatic carbocycles. The Hall–Kier alpha value is -0.980. The van der Waals surface area contributed by atoms with E-state index in [1.54, 1.807) is 8.61 Å². The van der Waals surface area contributed by atoms with Crippen molar-refractivity contribution < 1.29 is 8.42 Å². The molecule has 2 fully saturated rings. The molecule has 1 aromatic heterocycles. The summed E-state index contributed by atoms with van der Waals surface area (Å²) in [6, 6.07) is 4.27. The van der Waals surface area contributed by atoms with E-state index in [2.05, 4.69) is 11.1 Å². The van der Waals surface area contributed by atoms with Crippen LogP contribution >= 0.6 is 0 Å². The molecule has 2 aliphatic heterocycles. The molecular weight excluding hydrogens is 298 g/mol. The van der Waals surface area contributed by atoms with Crippen LogP contribution in [0.25, 0.3) is 0 Å². The lowest BCUT2D eigenvalue weighted by Gasteiger charge is -2.28. The van der Waals surface area contributed by atoms with Crippen molar-refractivity contribution in [2.45, 2.75) is 51.5 Å². The van der Waals surface area contributed by atoms with E-state index in [0.717, 1.165) is 44.2 Å². The predicted molar refractivity (Wildman–Crippen MR) is 86.7 cm³/mol. The van der Waals surface area contributed by atoms with Gasteiger partial charge in [-0.1, -0.05) is 0 Å². The van der Waals surface area contributed by atoms with E-state index in [1.165, 1.54) is 5.56 Å². The van der Waals surface area contributed by atoms with Gasteiger partial charge in [0.15, 0.2) is 0 Å². The van der Waals surface area contributed by atoms with Crippen molar-refractivity contribution in [3.8, 4) is 0 Å². The molecule has 122 valence electrons. The molecule has 0 saturated carbocycles. The maximum Gasteiger partial charge on any atom is 0.282 e. The zero-order valence-corrected chi connectivity index (χ0v) is 14.1. The maximum atomic E-state index is 12.8. The summed E-state index contributed by atoms with van der Waals surface area (Å²) < 4.78 is 28.9. The minimum atomic E-state index is -3.25. The first-order valence-electron chi connectivity index (χ1n) is 8.26. The van der Waals surface area contributed by atoms with Crippen molar-refractivity contribution in [2.24, 2.45) is 0 Å². The fourth-order valence-corrected chi connectivity index (χ4v) is 5.53. The van der Waals surface area contributed by atoms with Crippen LogP contribution in [-0.2, 0) is 16.6 Å². The van der Waals surface area contributed by atoms with Gasteiger partial charge in [0.25, 0.3) is 10.2 Å². The van der Waals surface area contributed by atoms with Gasteiger partial charge in [-0.3, -0.25) is 4.98 Å². The van der Waals surface area contributed by atoms with Gasteiger partial charge < -0.3 is 0 Å². The molecule has 1 atom stereocenters. The first kappa shape index (κ1) is 15.9. The van der Waals surface area contributed by atoms with Crippen molar-refractivity contribution in [3.05, 3.63) is 29.6 Å². The summed E-state index contributed by atoms with van der Waals surface area (Å²) in [6.07, 6.45) is 7.60. The van der Waals surface area contributed by atoms with Crippen LogP contribution in [0.5, 0.6) is 0 Å². The Balaban J connectivity index is 1.65. The van der Waals surface area contributed by atoms with Crippen molar-refractivity contribution in [1.82, 2.24) is 13.6 Å². The average molecular weight is 323 g/mol. The van der Waals surface area contributed by atoms with Crippen LogP contribution in [0.15, 0.2) is 18.3 Å². The number of aryl methyl sites for hydroxylation is 2. The summed E-state index contributed by atoms with van der Waals surface area (Å²) in [5.41, 5.74) is 2.27. The SMILES string of the molecule is Cc1cc(CCC2CCCN2S(=O)(=O)N2CCCC2)ccn1. The summed E-state index contributed by atoms with van der Waals surface area (Å²) in [4.78, 5) is 4.21. The van der Waals surface area contributed by atoms with Crippen LogP contribution < -0.4 is 0 Å². The standard InChI is InChI=1S/C16H25N3O2S/c1-14-13-15(8-9-17-14)6-7-16-5-4-12-19(16)22(20,21)18-10-2-3-11-18/h8-9,13,16H,2-7,10-12H2,1H3. The third kappa shape index (κ3) is 3.34. The molecule has 2 saturated heterocycles. The molecule has 0 radical (unpaired) electrons. The molecule has 1 unspecified atom stereocenters. The highest BCUT2D eigenvalue weighted by atomic mass is 32.2. The van der Waals surface area contributed by atoms with E-state index in [4.69, 9.17) is 0 Å². The van der Waals surface area contributed by atoms with Gasteiger partial charge in [-0.2, -0.15) is 17.0 Å². The van der Waals surface area contributed by atoms with Crippen LogP contribution in [0.1, 0.15) is 43.4 Å². The molecule has 0 amide bonds. The monoisotopic (exact) mass is 323 g/mol. The van der Waals surface area contributed by atoms with Crippen LogP contribution in [0, 0.1) is 6.92 Å². The van der Waals surface area contributed by atoms with Crippen LogP contribution in [-0.4, -0.2) is 47.7 Å².